The minimum Gasteiger partial charge on any atom is -0.481 e. The molecule has 126 valence electrons. The van der Waals surface area contributed by atoms with E-state index in [0.29, 0.717) is 11.7 Å². The van der Waals surface area contributed by atoms with Crippen LogP contribution in [0.15, 0.2) is 23.4 Å². The maximum atomic E-state index is 11.6. The van der Waals surface area contributed by atoms with Crippen LogP contribution in [0, 0.1) is 5.41 Å². The van der Waals surface area contributed by atoms with Crippen molar-refractivity contribution in [3.63, 3.8) is 0 Å². The van der Waals surface area contributed by atoms with E-state index in [4.69, 9.17) is 0 Å². The molecular formula is C16H23N3O4. The molecule has 2 aliphatic heterocycles. The van der Waals surface area contributed by atoms with Crippen LogP contribution >= 0.6 is 0 Å². The quantitative estimate of drug-likeness (QED) is 0.669. The number of allylic oxidation sites excluding steroid dienone is 1. The van der Waals surface area contributed by atoms with Crippen LogP contribution in [0.1, 0.15) is 13.3 Å². The van der Waals surface area contributed by atoms with Gasteiger partial charge < -0.3 is 20.4 Å². The number of carbonyl (C=O) groups is 2. The third-order valence-corrected chi connectivity index (χ3v) is 5.14. The van der Waals surface area contributed by atoms with E-state index in [-0.39, 0.29) is 12.0 Å². The van der Waals surface area contributed by atoms with E-state index >= 15 is 0 Å². The topological polar surface area (TPSA) is 93.1 Å². The Bertz CT molecular complexity index is 574. The van der Waals surface area contributed by atoms with Crippen molar-refractivity contribution >= 4 is 11.9 Å². The fourth-order valence-corrected chi connectivity index (χ4v) is 3.37. The van der Waals surface area contributed by atoms with Crippen LogP contribution in [0.2, 0.25) is 0 Å². The van der Waals surface area contributed by atoms with Gasteiger partial charge in [0, 0.05) is 57.4 Å². The number of carboxylic acids is 2. The van der Waals surface area contributed by atoms with Crippen LogP contribution in [-0.2, 0) is 9.59 Å². The first kappa shape index (κ1) is 16.0. The van der Waals surface area contributed by atoms with Gasteiger partial charge in [0.05, 0.1) is 11.0 Å². The first-order chi connectivity index (χ1) is 10.9. The second-order valence-corrected chi connectivity index (χ2v) is 6.74. The van der Waals surface area contributed by atoms with Crippen molar-refractivity contribution in [2.45, 2.75) is 19.4 Å². The van der Waals surface area contributed by atoms with Crippen molar-refractivity contribution in [2.24, 2.45) is 5.41 Å². The van der Waals surface area contributed by atoms with Gasteiger partial charge in [-0.3, -0.25) is 9.69 Å². The van der Waals surface area contributed by atoms with Crippen LogP contribution in [-0.4, -0.2) is 77.3 Å². The predicted molar refractivity (Wildman–Crippen MR) is 84.0 cm³/mol. The van der Waals surface area contributed by atoms with E-state index < -0.39 is 17.4 Å². The zero-order valence-corrected chi connectivity index (χ0v) is 13.3. The average Bonchev–Trinajstić information content (AvgIpc) is 2.46. The van der Waals surface area contributed by atoms with E-state index in [0.717, 1.165) is 39.3 Å². The smallest absolute Gasteiger partial charge is 0.333 e. The molecule has 0 saturated carbocycles. The molecule has 0 aromatic rings. The number of hydrogen-bond acceptors (Lipinski definition) is 5. The summed E-state index contributed by atoms with van der Waals surface area (Å²) in [4.78, 5) is 27.5. The van der Waals surface area contributed by atoms with Gasteiger partial charge in [-0.15, -0.1) is 0 Å². The molecule has 2 fully saturated rings. The first-order valence-electron chi connectivity index (χ1n) is 7.99. The second-order valence-electron chi connectivity index (χ2n) is 6.74. The van der Waals surface area contributed by atoms with Crippen molar-refractivity contribution in [1.29, 1.82) is 0 Å². The molecule has 7 heteroatoms. The minimum atomic E-state index is -1.14. The second kappa shape index (κ2) is 5.98. The highest BCUT2D eigenvalue weighted by atomic mass is 16.4. The molecule has 0 spiro atoms. The highest BCUT2D eigenvalue weighted by molar-refractivity contribution is 5.91. The molecule has 3 rings (SSSR count). The van der Waals surface area contributed by atoms with Gasteiger partial charge in [-0.1, -0.05) is 6.08 Å². The predicted octanol–water partition coefficient (Wildman–Crippen LogP) is -0.0347. The van der Waals surface area contributed by atoms with Gasteiger partial charge in [0.1, 0.15) is 0 Å². The highest BCUT2D eigenvalue weighted by Crippen LogP contribution is 2.36. The summed E-state index contributed by atoms with van der Waals surface area (Å²) in [6, 6.07) is 0.599. The Kier molecular flexibility index (Phi) is 4.16. The minimum absolute atomic E-state index is 0.0241. The first-order valence-corrected chi connectivity index (χ1v) is 7.99. The summed E-state index contributed by atoms with van der Waals surface area (Å²) in [6.07, 6.45) is 3.33. The Balaban J connectivity index is 1.74. The van der Waals surface area contributed by atoms with Crippen molar-refractivity contribution < 1.29 is 19.8 Å². The van der Waals surface area contributed by atoms with Gasteiger partial charge >= 0.3 is 11.9 Å². The lowest BCUT2D eigenvalue weighted by atomic mass is 9.79. The van der Waals surface area contributed by atoms with Crippen molar-refractivity contribution in [1.82, 2.24) is 15.1 Å². The lowest BCUT2D eigenvalue weighted by Crippen LogP contribution is -2.61. The van der Waals surface area contributed by atoms with Gasteiger partial charge in [-0.05, 0) is 13.0 Å². The van der Waals surface area contributed by atoms with Gasteiger partial charge in [-0.25, -0.2) is 4.79 Å². The molecular weight excluding hydrogens is 298 g/mol. The Morgan fingerprint density at radius 1 is 1.22 bits per heavy atom. The molecule has 23 heavy (non-hydrogen) atoms. The summed E-state index contributed by atoms with van der Waals surface area (Å²) in [7, 11) is 0. The molecule has 0 aromatic carbocycles. The van der Waals surface area contributed by atoms with Crippen LogP contribution in [0.25, 0.3) is 0 Å². The summed E-state index contributed by atoms with van der Waals surface area (Å²) < 4.78 is 0. The van der Waals surface area contributed by atoms with E-state index in [1.54, 1.807) is 19.1 Å². The largest absolute Gasteiger partial charge is 0.481 e. The maximum absolute atomic E-state index is 11.6. The molecule has 0 amide bonds. The van der Waals surface area contributed by atoms with E-state index in [9.17, 15) is 19.8 Å². The SMILES string of the molecule is CC1(C(=O)O)C=CC(N2CCN(C3CNC3)CC2)=C(C(=O)O)C1. The van der Waals surface area contributed by atoms with Crippen molar-refractivity contribution in [3.8, 4) is 0 Å². The van der Waals surface area contributed by atoms with Gasteiger partial charge in [-0.2, -0.15) is 0 Å². The Morgan fingerprint density at radius 3 is 2.35 bits per heavy atom. The lowest BCUT2D eigenvalue weighted by molar-refractivity contribution is -0.145. The molecule has 0 aromatic heterocycles. The Morgan fingerprint density at radius 2 is 1.87 bits per heavy atom. The molecule has 3 N–H and O–H groups in total. The number of piperazine rings is 1. The number of hydrogen-bond donors (Lipinski definition) is 3. The molecule has 0 radical (unpaired) electrons. The standard InChI is InChI=1S/C16H23N3O4/c1-16(15(22)23)3-2-13(12(8-16)14(20)21)19-6-4-18(5-7-19)11-9-17-10-11/h2-3,11,17H,4-10H2,1H3,(H,20,21)(H,22,23). The molecule has 7 nitrogen and oxygen atoms in total. The zero-order chi connectivity index (χ0) is 16.6. The molecule has 1 aliphatic carbocycles. The fraction of sp³-hybridized carbons (Fsp3) is 0.625. The van der Waals surface area contributed by atoms with Crippen LogP contribution in [0.5, 0.6) is 0 Å². The maximum Gasteiger partial charge on any atom is 0.333 e. The molecule has 3 aliphatic rings. The normalized spacial score (nSPS) is 29.5. The summed E-state index contributed by atoms with van der Waals surface area (Å²) in [6.45, 7) is 6.99. The lowest BCUT2D eigenvalue weighted by Gasteiger charge is -2.44. The van der Waals surface area contributed by atoms with Crippen LogP contribution < -0.4 is 5.32 Å². The summed E-state index contributed by atoms with van der Waals surface area (Å²) in [5.74, 6) is -2.02. The summed E-state index contributed by atoms with van der Waals surface area (Å²) in [5.41, 5.74) is -0.268. The molecule has 2 heterocycles. The average molecular weight is 321 g/mol. The molecule has 1 unspecified atom stereocenters. The Labute approximate surface area is 135 Å². The van der Waals surface area contributed by atoms with Crippen LogP contribution in [0.3, 0.4) is 0 Å². The number of nitrogens with one attached hydrogen (secondary N) is 1. The summed E-state index contributed by atoms with van der Waals surface area (Å²) in [5, 5.41) is 22.1. The number of nitrogens with zero attached hydrogens (tertiary/aromatic N) is 2. The van der Waals surface area contributed by atoms with Crippen molar-refractivity contribution in [2.75, 3.05) is 39.3 Å². The molecule has 1 atom stereocenters. The van der Waals surface area contributed by atoms with Crippen LogP contribution in [0.4, 0.5) is 0 Å². The number of aliphatic carboxylic acids is 2. The number of carboxylic acid groups (broad SMARTS) is 2. The van der Waals surface area contributed by atoms with Gasteiger partial charge in [0.2, 0.25) is 0 Å². The van der Waals surface area contributed by atoms with Gasteiger partial charge in [0.15, 0.2) is 0 Å². The van der Waals surface area contributed by atoms with E-state index in [1.807, 2.05) is 0 Å². The zero-order valence-electron chi connectivity index (χ0n) is 13.3. The highest BCUT2D eigenvalue weighted by Gasteiger charge is 2.38. The monoisotopic (exact) mass is 321 g/mol. The van der Waals surface area contributed by atoms with E-state index in [2.05, 4.69) is 15.1 Å². The third-order valence-electron chi connectivity index (χ3n) is 5.14. The van der Waals surface area contributed by atoms with E-state index in [1.165, 1.54) is 0 Å². The molecule has 0 bridgehead atoms. The number of rotatable bonds is 4. The van der Waals surface area contributed by atoms with Gasteiger partial charge in [0.25, 0.3) is 0 Å². The Hall–Kier alpha value is -1.86. The summed E-state index contributed by atoms with van der Waals surface area (Å²) >= 11 is 0. The molecule has 2 saturated heterocycles. The van der Waals surface area contributed by atoms with Crippen molar-refractivity contribution in [3.05, 3.63) is 23.4 Å². The third kappa shape index (κ3) is 2.98. The fourth-order valence-electron chi connectivity index (χ4n) is 3.37.